The number of esters is 2. The highest BCUT2D eigenvalue weighted by Crippen LogP contribution is 2.30. The van der Waals surface area contributed by atoms with Gasteiger partial charge in [0, 0.05) is 25.7 Å². The van der Waals surface area contributed by atoms with Crippen molar-refractivity contribution in [3.8, 4) is 11.5 Å². The molecule has 0 amide bonds. The fourth-order valence-electron chi connectivity index (χ4n) is 4.74. The highest BCUT2D eigenvalue weighted by Gasteiger charge is 2.25. The van der Waals surface area contributed by atoms with E-state index in [0.29, 0.717) is 35.4 Å². The molecular weight excluding hydrogens is 577 g/mol. The van der Waals surface area contributed by atoms with E-state index >= 15 is 0 Å². The molecular formula is C33H33Cl2NO6. The number of ether oxygens (including phenoxy) is 4. The summed E-state index contributed by atoms with van der Waals surface area (Å²) < 4.78 is 21.0. The topological polar surface area (TPSA) is 74.3 Å². The molecule has 4 aromatic rings. The molecule has 7 nitrogen and oxygen atoms in total. The van der Waals surface area contributed by atoms with Crippen molar-refractivity contribution in [2.24, 2.45) is 0 Å². The lowest BCUT2D eigenvalue weighted by atomic mass is 10.0. The quantitative estimate of drug-likeness (QED) is 0.117. The van der Waals surface area contributed by atoms with Crippen LogP contribution in [0, 0.1) is 0 Å². The predicted molar refractivity (Wildman–Crippen MR) is 165 cm³/mol. The molecule has 42 heavy (non-hydrogen) atoms. The van der Waals surface area contributed by atoms with Crippen LogP contribution in [-0.4, -0.2) is 57.9 Å². The minimum atomic E-state index is -0.705. The first-order chi connectivity index (χ1) is 20.3. The number of benzene rings is 4. The van der Waals surface area contributed by atoms with E-state index in [9.17, 15) is 9.59 Å². The summed E-state index contributed by atoms with van der Waals surface area (Å²) in [6.07, 6.45) is 1.58. The van der Waals surface area contributed by atoms with Gasteiger partial charge in [-0.1, -0.05) is 71.7 Å². The standard InChI is InChI=1S/C33H33Cl2NO6/c1-39-30-20-26(19-27(32(37)40-2)31(30)33(38)41-3)42-16-6-14-36(21-23-10-12-28(34)29(35)18-23)15-13-22-9-11-24-7-4-5-8-25(24)17-22/h4-5,7-12,17-20H,6,13-16,21H2,1-3H3. The Labute approximate surface area is 255 Å². The summed E-state index contributed by atoms with van der Waals surface area (Å²) in [5.74, 6) is -0.854. The average Bonchev–Trinajstić information content (AvgIpc) is 3.02. The zero-order valence-corrected chi connectivity index (χ0v) is 25.3. The summed E-state index contributed by atoms with van der Waals surface area (Å²) in [6.45, 7) is 2.63. The lowest BCUT2D eigenvalue weighted by Crippen LogP contribution is -2.28. The molecule has 220 valence electrons. The Morgan fingerprint density at radius 3 is 2.21 bits per heavy atom. The first-order valence-corrected chi connectivity index (χ1v) is 14.2. The Balaban J connectivity index is 1.45. The summed E-state index contributed by atoms with van der Waals surface area (Å²) in [4.78, 5) is 27.1. The summed E-state index contributed by atoms with van der Waals surface area (Å²) in [7, 11) is 3.88. The number of hydrogen-bond donors (Lipinski definition) is 0. The fraction of sp³-hybridized carbons (Fsp3) is 0.273. The molecule has 0 bridgehead atoms. The molecule has 0 saturated carbocycles. The van der Waals surface area contributed by atoms with Crippen molar-refractivity contribution in [1.29, 1.82) is 0 Å². The molecule has 0 saturated heterocycles. The maximum absolute atomic E-state index is 12.4. The van der Waals surface area contributed by atoms with Crippen molar-refractivity contribution in [3.05, 3.63) is 105 Å². The minimum absolute atomic E-state index is 0.00956. The van der Waals surface area contributed by atoms with E-state index in [0.717, 1.165) is 25.1 Å². The van der Waals surface area contributed by atoms with Crippen LogP contribution in [0.2, 0.25) is 10.0 Å². The van der Waals surface area contributed by atoms with Gasteiger partial charge in [0.2, 0.25) is 0 Å². The van der Waals surface area contributed by atoms with Gasteiger partial charge in [-0.2, -0.15) is 0 Å². The van der Waals surface area contributed by atoms with E-state index in [1.54, 1.807) is 6.07 Å². The number of rotatable bonds is 13. The van der Waals surface area contributed by atoms with Crippen molar-refractivity contribution in [2.75, 3.05) is 41.0 Å². The van der Waals surface area contributed by atoms with Crippen molar-refractivity contribution in [2.45, 2.75) is 19.4 Å². The first kappa shape index (κ1) is 31.2. The number of halogens is 2. The molecule has 0 aliphatic carbocycles. The molecule has 0 aliphatic rings. The number of fused-ring (bicyclic) bond motifs is 1. The lowest BCUT2D eigenvalue weighted by Gasteiger charge is -2.23. The predicted octanol–water partition coefficient (Wildman–Crippen LogP) is 7.24. The van der Waals surface area contributed by atoms with Gasteiger partial charge in [-0.05, 0) is 52.9 Å². The van der Waals surface area contributed by atoms with E-state index in [1.165, 1.54) is 43.7 Å². The second-order valence-corrected chi connectivity index (χ2v) is 10.5. The van der Waals surface area contributed by atoms with Gasteiger partial charge in [0.25, 0.3) is 0 Å². The summed E-state index contributed by atoms with van der Waals surface area (Å²) in [5.41, 5.74) is 2.32. The number of carbonyl (C=O) groups excluding carboxylic acids is 2. The molecule has 0 radical (unpaired) electrons. The zero-order chi connectivity index (χ0) is 30.1. The van der Waals surface area contributed by atoms with Gasteiger partial charge in [-0.15, -0.1) is 0 Å². The van der Waals surface area contributed by atoms with Crippen molar-refractivity contribution in [3.63, 3.8) is 0 Å². The van der Waals surface area contributed by atoms with Crippen LogP contribution in [-0.2, 0) is 22.4 Å². The van der Waals surface area contributed by atoms with Crippen molar-refractivity contribution < 1.29 is 28.5 Å². The molecule has 0 heterocycles. The van der Waals surface area contributed by atoms with E-state index in [1.807, 2.05) is 24.3 Å². The van der Waals surface area contributed by atoms with E-state index in [2.05, 4.69) is 41.3 Å². The van der Waals surface area contributed by atoms with Gasteiger partial charge in [-0.25, -0.2) is 9.59 Å². The van der Waals surface area contributed by atoms with E-state index in [4.69, 9.17) is 42.1 Å². The fourth-order valence-corrected chi connectivity index (χ4v) is 5.06. The van der Waals surface area contributed by atoms with Crippen LogP contribution in [0.5, 0.6) is 11.5 Å². The van der Waals surface area contributed by atoms with E-state index in [-0.39, 0.29) is 16.9 Å². The summed E-state index contributed by atoms with van der Waals surface area (Å²) in [6, 6.07) is 23.6. The second-order valence-electron chi connectivity index (χ2n) is 9.69. The Morgan fingerprint density at radius 1 is 0.762 bits per heavy atom. The molecule has 0 spiro atoms. The number of carbonyl (C=O) groups is 2. The smallest absolute Gasteiger partial charge is 0.342 e. The SMILES string of the molecule is COC(=O)c1cc(OCCCN(CCc2ccc3ccccc3c2)Cc2ccc(Cl)c(Cl)c2)cc(OC)c1C(=O)OC. The van der Waals surface area contributed by atoms with Crippen molar-refractivity contribution in [1.82, 2.24) is 4.90 Å². The van der Waals surface area contributed by atoms with Gasteiger partial charge in [0.15, 0.2) is 0 Å². The molecule has 0 aliphatic heterocycles. The number of hydrogen-bond acceptors (Lipinski definition) is 7. The molecule has 4 aromatic carbocycles. The highest BCUT2D eigenvalue weighted by molar-refractivity contribution is 6.42. The van der Waals surface area contributed by atoms with Gasteiger partial charge in [0.1, 0.15) is 17.1 Å². The number of nitrogens with zero attached hydrogens (tertiary/aromatic N) is 1. The third-order valence-corrected chi connectivity index (χ3v) is 7.64. The van der Waals surface area contributed by atoms with Crippen LogP contribution >= 0.6 is 23.2 Å². The second kappa shape index (κ2) is 14.9. The average molecular weight is 611 g/mol. The van der Waals surface area contributed by atoms with Crippen molar-refractivity contribution >= 4 is 45.9 Å². The van der Waals surface area contributed by atoms with Crippen LogP contribution in [0.4, 0.5) is 0 Å². The summed E-state index contributed by atoms with van der Waals surface area (Å²) >= 11 is 12.4. The molecule has 0 unspecified atom stereocenters. The van der Waals surface area contributed by atoms with Crippen LogP contribution in [0.1, 0.15) is 38.3 Å². The van der Waals surface area contributed by atoms with Crippen LogP contribution in [0.25, 0.3) is 10.8 Å². The Morgan fingerprint density at radius 2 is 1.50 bits per heavy atom. The summed E-state index contributed by atoms with van der Waals surface area (Å²) in [5, 5.41) is 3.49. The van der Waals surface area contributed by atoms with Gasteiger partial charge in [0.05, 0.1) is 43.5 Å². The third-order valence-electron chi connectivity index (χ3n) is 6.90. The Bertz CT molecular complexity index is 1560. The lowest BCUT2D eigenvalue weighted by molar-refractivity contribution is 0.0551. The molecule has 0 fully saturated rings. The zero-order valence-electron chi connectivity index (χ0n) is 23.8. The van der Waals surface area contributed by atoms with E-state index < -0.39 is 11.9 Å². The van der Waals surface area contributed by atoms with Gasteiger partial charge >= 0.3 is 11.9 Å². The molecule has 0 N–H and O–H groups in total. The Hall–Kier alpha value is -3.78. The number of methoxy groups -OCH3 is 3. The molecule has 0 atom stereocenters. The van der Waals surface area contributed by atoms with Crippen LogP contribution in [0.15, 0.2) is 72.8 Å². The normalized spacial score (nSPS) is 11.0. The maximum Gasteiger partial charge on any atom is 0.342 e. The molecule has 4 rings (SSSR count). The van der Waals surface area contributed by atoms with Crippen LogP contribution in [0.3, 0.4) is 0 Å². The highest BCUT2D eigenvalue weighted by atomic mass is 35.5. The minimum Gasteiger partial charge on any atom is -0.496 e. The Kier molecular flexibility index (Phi) is 11.1. The van der Waals surface area contributed by atoms with Gasteiger partial charge < -0.3 is 18.9 Å². The van der Waals surface area contributed by atoms with Gasteiger partial charge in [-0.3, -0.25) is 4.90 Å². The first-order valence-electron chi connectivity index (χ1n) is 13.5. The molecule has 9 heteroatoms. The maximum atomic E-state index is 12.4. The third kappa shape index (κ3) is 7.94. The van der Waals surface area contributed by atoms with Crippen LogP contribution < -0.4 is 9.47 Å². The molecule has 0 aromatic heterocycles. The monoisotopic (exact) mass is 609 g/mol. The largest absolute Gasteiger partial charge is 0.496 e.